The quantitative estimate of drug-likeness (QED) is 0.593. The number of fused-ring (bicyclic) bond motifs is 1. The van der Waals surface area contributed by atoms with Gasteiger partial charge in [0.05, 0.1) is 5.69 Å². The third kappa shape index (κ3) is 2.67. The molecule has 112 valence electrons. The van der Waals surface area contributed by atoms with Gasteiger partial charge >= 0.3 is 0 Å². The molecule has 0 amide bonds. The van der Waals surface area contributed by atoms with E-state index in [1.807, 2.05) is 17.5 Å². The van der Waals surface area contributed by atoms with E-state index in [0.29, 0.717) is 41.4 Å². The fraction of sp³-hybridized carbons (Fsp3) is 0.188. The fourth-order valence-electron chi connectivity index (χ4n) is 2.31. The van der Waals surface area contributed by atoms with E-state index in [-0.39, 0.29) is 5.82 Å². The highest BCUT2D eigenvalue weighted by atomic mass is 19.1. The maximum Gasteiger partial charge on any atom is 0.158 e. The van der Waals surface area contributed by atoms with Crippen LogP contribution in [0.5, 0.6) is 0 Å². The lowest BCUT2D eigenvalue weighted by molar-refractivity contribution is 0.613. The summed E-state index contributed by atoms with van der Waals surface area (Å²) >= 11 is 0. The van der Waals surface area contributed by atoms with Crippen molar-refractivity contribution >= 4 is 11.5 Å². The van der Waals surface area contributed by atoms with Crippen LogP contribution in [0.4, 0.5) is 4.39 Å². The highest BCUT2D eigenvalue weighted by Gasteiger charge is 2.12. The molecule has 0 aliphatic heterocycles. The summed E-state index contributed by atoms with van der Waals surface area (Å²) in [6.45, 7) is 2.49. The molecule has 0 spiro atoms. The molecule has 0 saturated carbocycles. The predicted molar refractivity (Wildman–Crippen MR) is 83.5 cm³/mol. The van der Waals surface area contributed by atoms with Gasteiger partial charge in [-0.2, -0.15) is 0 Å². The summed E-state index contributed by atoms with van der Waals surface area (Å²) in [7, 11) is 0. The lowest BCUT2D eigenvalue weighted by Crippen LogP contribution is -2.18. The number of hydrogen-bond acceptors (Lipinski definition) is 3. The Labute approximate surface area is 127 Å². The highest BCUT2D eigenvalue weighted by Crippen LogP contribution is 2.16. The second kappa shape index (κ2) is 5.93. The molecule has 0 radical (unpaired) electrons. The zero-order valence-corrected chi connectivity index (χ0v) is 12.2. The van der Waals surface area contributed by atoms with E-state index in [1.165, 1.54) is 6.07 Å². The van der Waals surface area contributed by atoms with Gasteiger partial charge < -0.3 is 10.1 Å². The maximum absolute atomic E-state index is 13.9. The molecule has 0 aliphatic rings. The zero-order chi connectivity index (χ0) is 15.5. The molecule has 0 fully saturated rings. The summed E-state index contributed by atoms with van der Waals surface area (Å²) in [5.41, 5.74) is 8.44. The van der Waals surface area contributed by atoms with Gasteiger partial charge in [-0.3, -0.25) is 4.99 Å². The number of benzene rings is 1. The van der Waals surface area contributed by atoms with Crippen molar-refractivity contribution < 1.29 is 4.39 Å². The minimum Gasteiger partial charge on any atom is -0.382 e. The van der Waals surface area contributed by atoms with Crippen molar-refractivity contribution in [2.24, 2.45) is 10.7 Å². The zero-order valence-electron chi connectivity index (χ0n) is 12.2. The molecular weight excluding hydrogens is 281 g/mol. The van der Waals surface area contributed by atoms with Crippen molar-refractivity contribution in [2.75, 3.05) is 6.54 Å². The fourth-order valence-corrected chi connectivity index (χ4v) is 2.31. The molecule has 2 heterocycles. The van der Waals surface area contributed by atoms with Crippen LogP contribution in [0.25, 0.3) is 5.65 Å². The standard InChI is InChI=1S/C16H16FN5/c1-2-19-15(18)14-10-22-8-7-20-16(22)13(21-14)9-11-5-3-4-6-12(11)17/h3-8,10H,2,9H2,1H3,(H2,18,19). The smallest absolute Gasteiger partial charge is 0.158 e. The van der Waals surface area contributed by atoms with Crippen molar-refractivity contribution in [1.29, 1.82) is 0 Å². The first-order valence-corrected chi connectivity index (χ1v) is 7.05. The Hall–Kier alpha value is -2.76. The van der Waals surface area contributed by atoms with E-state index in [4.69, 9.17) is 5.73 Å². The van der Waals surface area contributed by atoms with Crippen molar-refractivity contribution in [2.45, 2.75) is 13.3 Å². The van der Waals surface area contributed by atoms with Crippen molar-refractivity contribution in [3.05, 3.63) is 65.6 Å². The molecule has 0 saturated heterocycles. The number of hydrogen-bond donors (Lipinski definition) is 1. The van der Waals surface area contributed by atoms with E-state index in [0.717, 1.165) is 0 Å². The summed E-state index contributed by atoms with van der Waals surface area (Å²) < 4.78 is 15.7. The van der Waals surface area contributed by atoms with Gasteiger partial charge in [0.2, 0.25) is 0 Å². The van der Waals surface area contributed by atoms with E-state index < -0.39 is 0 Å². The second-order valence-corrected chi connectivity index (χ2v) is 4.86. The van der Waals surface area contributed by atoms with Crippen LogP contribution in [0.2, 0.25) is 0 Å². The van der Waals surface area contributed by atoms with Gasteiger partial charge in [-0.05, 0) is 18.6 Å². The van der Waals surface area contributed by atoms with Gasteiger partial charge in [0, 0.05) is 31.6 Å². The predicted octanol–water partition coefficient (Wildman–Crippen LogP) is 2.18. The minimum atomic E-state index is -0.255. The van der Waals surface area contributed by atoms with Gasteiger partial charge in [0.15, 0.2) is 5.65 Å². The Kier molecular flexibility index (Phi) is 3.82. The molecule has 1 aromatic carbocycles. The molecule has 0 bridgehead atoms. The number of amidine groups is 1. The maximum atomic E-state index is 13.9. The lowest BCUT2D eigenvalue weighted by Gasteiger charge is -2.08. The van der Waals surface area contributed by atoms with Gasteiger partial charge in [-0.25, -0.2) is 14.4 Å². The molecule has 3 aromatic rings. The Morgan fingerprint density at radius 3 is 2.95 bits per heavy atom. The SMILES string of the molecule is CCN=C(N)c1cn2ccnc2c(Cc2ccccc2F)n1. The first-order valence-electron chi connectivity index (χ1n) is 7.05. The third-order valence-corrected chi connectivity index (χ3v) is 3.35. The van der Waals surface area contributed by atoms with Crippen LogP contribution in [0.3, 0.4) is 0 Å². The first kappa shape index (κ1) is 14.2. The summed E-state index contributed by atoms with van der Waals surface area (Å²) in [6, 6.07) is 6.65. The summed E-state index contributed by atoms with van der Waals surface area (Å²) in [5.74, 6) is 0.113. The van der Waals surface area contributed by atoms with Gasteiger partial charge in [0.1, 0.15) is 17.3 Å². The van der Waals surface area contributed by atoms with Gasteiger partial charge in [-0.15, -0.1) is 0 Å². The number of halogens is 1. The molecule has 2 N–H and O–H groups in total. The summed E-state index contributed by atoms with van der Waals surface area (Å²) in [5, 5.41) is 0. The Balaban J connectivity index is 2.10. The summed E-state index contributed by atoms with van der Waals surface area (Å²) in [4.78, 5) is 13.0. The van der Waals surface area contributed by atoms with E-state index in [1.54, 1.807) is 30.6 Å². The molecule has 6 heteroatoms. The van der Waals surface area contributed by atoms with Gasteiger partial charge in [0.25, 0.3) is 0 Å². The number of nitrogens with zero attached hydrogens (tertiary/aromatic N) is 4. The molecule has 3 rings (SSSR count). The van der Waals surface area contributed by atoms with Crippen LogP contribution in [0.15, 0.2) is 47.8 Å². The lowest BCUT2D eigenvalue weighted by atomic mass is 10.1. The van der Waals surface area contributed by atoms with Crippen molar-refractivity contribution in [3.63, 3.8) is 0 Å². The molecule has 0 aliphatic carbocycles. The second-order valence-electron chi connectivity index (χ2n) is 4.86. The highest BCUT2D eigenvalue weighted by molar-refractivity contribution is 5.95. The Morgan fingerprint density at radius 1 is 1.36 bits per heavy atom. The Morgan fingerprint density at radius 2 is 2.18 bits per heavy atom. The van der Waals surface area contributed by atoms with Crippen molar-refractivity contribution in [3.8, 4) is 0 Å². The third-order valence-electron chi connectivity index (χ3n) is 3.35. The topological polar surface area (TPSA) is 68.6 Å². The monoisotopic (exact) mass is 297 g/mol. The number of imidazole rings is 1. The molecule has 5 nitrogen and oxygen atoms in total. The average molecular weight is 297 g/mol. The molecule has 2 aromatic heterocycles. The molecule has 0 unspecified atom stereocenters. The Bertz CT molecular complexity index is 837. The van der Waals surface area contributed by atoms with Crippen LogP contribution >= 0.6 is 0 Å². The number of aromatic nitrogens is 3. The van der Waals surface area contributed by atoms with Crippen LogP contribution < -0.4 is 5.73 Å². The van der Waals surface area contributed by atoms with Crippen LogP contribution in [-0.4, -0.2) is 26.7 Å². The summed E-state index contributed by atoms with van der Waals surface area (Å²) in [6.07, 6.45) is 5.62. The number of rotatable bonds is 4. The number of aliphatic imine (C=N–C) groups is 1. The average Bonchev–Trinajstić information content (AvgIpc) is 2.98. The largest absolute Gasteiger partial charge is 0.382 e. The van der Waals surface area contributed by atoms with E-state index in [2.05, 4.69) is 15.0 Å². The van der Waals surface area contributed by atoms with Crippen LogP contribution in [0, 0.1) is 5.82 Å². The molecule has 22 heavy (non-hydrogen) atoms. The van der Waals surface area contributed by atoms with Crippen LogP contribution in [-0.2, 0) is 6.42 Å². The molecule has 0 atom stereocenters. The van der Waals surface area contributed by atoms with Crippen LogP contribution in [0.1, 0.15) is 23.9 Å². The van der Waals surface area contributed by atoms with E-state index in [9.17, 15) is 4.39 Å². The molecular formula is C16H16FN5. The van der Waals surface area contributed by atoms with E-state index >= 15 is 0 Å². The normalized spacial score (nSPS) is 12.0. The minimum absolute atomic E-state index is 0.255. The van der Waals surface area contributed by atoms with Crippen molar-refractivity contribution in [1.82, 2.24) is 14.4 Å². The number of nitrogens with two attached hydrogens (primary N) is 1. The first-order chi connectivity index (χ1) is 10.7. The van der Waals surface area contributed by atoms with Gasteiger partial charge in [-0.1, -0.05) is 18.2 Å².